The molecule has 0 radical (unpaired) electrons. The van der Waals surface area contributed by atoms with Gasteiger partial charge in [0.25, 0.3) is 5.91 Å². The number of benzene rings is 2. The number of carbonyl (C=O) groups excluding carboxylic acids is 3. The summed E-state index contributed by atoms with van der Waals surface area (Å²) in [6.45, 7) is 4.50. The molecule has 2 atom stereocenters. The van der Waals surface area contributed by atoms with Crippen LogP contribution in [0.15, 0.2) is 47.4 Å². The molecule has 3 heterocycles. The molecule has 2 aromatic carbocycles. The first-order chi connectivity index (χ1) is 17.6. The second-order valence-electron chi connectivity index (χ2n) is 9.27. The lowest BCUT2D eigenvalue weighted by molar-refractivity contribution is -0.137. The van der Waals surface area contributed by atoms with Crippen molar-refractivity contribution in [1.29, 1.82) is 0 Å². The number of urea groups is 1. The Balaban J connectivity index is 1.37. The van der Waals surface area contributed by atoms with Gasteiger partial charge in [0.05, 0.1) is 24.7 Å². The monoisotopic (exact) mass is 528 g/mol. The van der Waals surface area contributed by atoms with Crippen molar-refractivity contribution in [3.8, 4) is 5.75 Å². The highest BCUT2D eigenvalue weighted by molar-refractivity contribution is 7.89. The largest absolute Gasteiger partial charge is 0.493 e. The molecule has 1 spiro atoms. The van der Waals surface area contributed by atoms with Crippen LogP contribution in [0.25, 0.3) is 0 Å². The van der Waals surface area contributed by atoms with Crippen molar-refractivity contribution in [2.75, 3.05) is 38.2 Å². The standard InChI is InChI=1S/C25H28N4O7S/c1-16-7-8-18(15-21(16)37(33,34)28-10-13-35-14-11-28)26-22(30)17(2)29-23(31)25(27-24(29)32)9-12-36-20-6-4-3-5-19(20)25/h3-8,15,17H,9-14H2,1-2H3,(H,26,30)(H,27,32)/t17-,25-/m0/s1. The van der Waals surface area contributed by atoms with E-state index in [-0.39, 0.29) is 36.7 Å². The highest BCUT2D eigenvalue weighted by Gasteiger charge is 2.56. The van der Waals surface area contributed by atoms with E-state index >= 15 is 0 Å². The molecule has 4 amide bonds. The number of sulfonamides is 1. The summed E-state index contributed by atoms with van der Waals surface area (Å²) in [7, 11) is -3.79. The first-order valence-corrected chi connectivity index (χ1v) is 13.5. The number of hydrogen-bond donors (Lipinski definition) is 2. The van der Waals surface area contributed by atoms with Crippen molar-refractivity contribution in [2.24, 2.45) is 0 Å². The Hall–Kier alpha value is -3.48. The summed E-state index contributed by atoms with van der Waals surface area (Å²) in [4.78, 5) is 40.7. The fourth-order valence-electron chi connectivity index (χ4n) is 4.94. The maximum atomic E-state index is 13.6. The van der Waals surface area contributed by atoms with Gasteiger partial charge < -0.3 is 20.1 Å². The van der Waals surface area contributed by atoms with Crippen LogP contribution in [0.4, 0.5) is 10.5 Å². The third-order valence-electron chi connectivity index (χ3n) is 7.01. The molecule has 0 aliphatic carbocycles. The SMILES string of the molecule is Cc1ccc(NC(=O)[C@H](C)N2C(=O)N[C@]3(CCOc4ccccc43)C2=O)cc1S(=O)(=O)N1CCOCC1. The number of aryl methyl sites for hydroxylation is 1. The Bertz CT molecular complexity index is 1370. The van der Waals surface area contributed by atoms with Crippen LogP contribution < -0.4 is 15.4 Å². The number of anilines is 1. The van der Waals surface area contributed by atoms with Gasteiger partial charge >= 0.3 is 6.03 Å². The van der Waals surface area contributed by atoms with Crippen LogP contribution in [0.5, 0.6) is 5.75 Å². The fraction of sp³-hybridized carbons (Fsp3) is 0.400. The number of fused-ring (bicyclic) bond motifs is 2. The van der Waals surface area contributed by atoms with E-state index in [0.717, 1.165) is 4.90 Å². The van der Waals surface area contributed by atoms with E-state index < -0.39 is 39.4 Å². The molecule has 2 fully saturated rings. The number of morpholine rings is 1. The van der Waals surface area contributed by atoms with Crippen LogP contribution in [0.2, 0.25) is 0 Å². The molecule has 0 unspecified atom stereocenters. The second kappa shape index (κ2) is 9.43. The fourth-order valence-corrected chi connectivity index (χ4v) is 6.60. The van der Waals surface area contributed by atoms with Gasteiger partial charge in [0, 0.05) is 30.8 Å². The Morgan fingerprint density at radius 2 is 1.84 bits per heavy atom. The molecule has 11 nitrogen and oxygen atoms in total. The highest BCUT2D eigenvalue weighted by atomic mass is 32.2. The quantitative estimate of drug-likeness (QED) is 0.563. The summed E-state index contributed by atoms with van der Waals surface area (Å²) in [5.74, 6) is -0.648. The summed E-state index contributed by atoms with van der Waals surface area (Å²) >= 11 is 0. The van der Waals surface area contributed by atoms with E-state index in [1.807, 2.05) is 0 Å². The molecule has 37 heavy (non-hydrogen) atoms. The van der Waals surface area contributed by atoms with E-state index in [0.29, 0.717) is 30.1 Å². The zero-order chi connectivity index (χ0) is 26.4. The molecule has 2 N–H and O–H groups in total. The van der Waals surface area contributed by atoms with Crippen LogP contribution >= 0.6 is 0 Å². The van der Waals surface area contributed by atoms with Gasteiger partial charge in [-0.1, -0.05) is 24.3 Å². The highest BCUT2D eigenvalue weighted by Crippen LogP contribution is 2.41. The van der Waals surface area contributed by atoms with Gasteiger partial charge in [0.15, 0.2) is 5.54 Å². The van der Waals surface area contributed by atoms with Crippen LogP contribution in [-0.4, -0.2) is 74.4 Å². The van der Waals surface area contributed by atoms with Gasteiger partial charge in [0.2, 0.25) is 15.9 Å². The third kappa shape index (κ3) is 4.24. The first kappa shape index (κ1) is 25.2. The van der Waals surface area contributed by atoms with Crippen molar-refractivity contribution in [2.45, 2.75) is 36.7 Å². The molecule has 0 saturated carbocycles. The minimum atomic E-state index is -3.79. The van der Waals surface area contributed by atoms with E-state index in [1.54, 1.807) is 43.3 Å². The van der Waals surface area contributed by atoms with Crippen LogP contribution in [-0.2, 0) is 29.9 Å². The van der Waals surface area contributed by atoms with Crippen molar-refractivity contribution < 1.29 is 32.3 Å². The number of hydrogen-bond acceptors (Lipinski definition) is 7. The van der Waals surface area contributed by atoms with E-state index in [2.05, 4.69) is 10.6 Å². The number of para-hydroxylation sites is 1. The van der Waals surface area contributed by atoms with Crippen LogP contribution in [0, 0.1) is 6.92 Å². The predicted octanol–water partition coefficient (Wildman–Crippen LogP) is 1.57. The summed E-state index contributed by atoms with van der Waals surface area (Å²) in [6, 6.07) is 9.75. The van der Waals surface area contributed by atoms with Crippen LogP contribution in [0.1, 0.15) is 24.5 Å². The van der Waals surface area contributed by atoms with Gasteiger partial charge in [-0.3, -0.25) is 9.59 Å². The maximum Gasteiger partial charge on any atom is 0.326 e. The third-order valence-corrected chi connectivity index (χ3v) is 9.06. The van der Waals surface area contributed by atoms with Gasteiger partial charge in [-0.05, 0) is 37.6 Å². The average molecular weight is 529 g/mol. The van der Waals surface area contributed by atoms with Crippen molar-refractivity contribution in [3.63, 3.8) is 0 Å². The normalized spacial score (nSPS) is 22.8. The predicted molar refractivity (Wildman–Crippen MR) is 132 cm³/mol. The maximum absolute atomic E-state index is 13.6. The molecule has 2 saturated heterocycles. The zero-order valence-electron chi connectivity index (χ0n) is 20.5. The van der Waals surface area contributed by atoms with Crippen molar-refractivity contribution in [3.05, 3.63) is 53.6 Å². The summed E-state index contributed by atoms with van der Waals surface area (Å²) < 4.78 is 38.6. The molecule has 0 bridgehead atoms. The number of amides is 4. The second-order valence-corrected chi connectivity index (χ2v) is 11.2. The minimum absolute atomic E-state index is 0.0765. The number of nitrogens with one attached hydrogen (secondary N) is 2. The number of rotatable bonds is 5. The molecular formula is C25H28N4O7S. The van der Waals surface area contributed by atoms with E-state index in [1.165, 1.54) is 17.3 Å². The first-order valence-electron chi connectivity index (χ1n) is 12.0. The molecular weight excluding hydrogens is 500 g/mol. The van der Waals surface area contributed by atoms with E-state index in [4.69, 9.17) is 9.47 Å². The Morgan fingerprint density at radius 3 is 2.59 bits per heavy atom. The molecule has 2 aromatic rings. The molecule has 3 aliphatic rings. The molecule has 12 heteroatoms. The van der Waals surface area contributed by atoms with Crippen molar-refractivity contribution >= 4 is 33.6 Å². The molecule has 196 valence electrons. The Kier molecular flexibility index (Phi) is 6.42. The lowest BCUT2D eigenvalue weighted by Gasteiger charge is -2.33. The lowest BCUT2D eigenvalue weighted by Crippen LogP contribution is -2.49. The molecule has 5 rings (SSSR count). The van der Waals surface area contributed by atoms with Crippen molar-refractivity contribution in [1.82, 2.24) is 14.5 Å². The van der Waals surface area contributed by atoms with Crippen LogP contribution in [0.3, 0.4) is 0 Å². The smallest absolute Gasteiger partial charge is 0.326 e. The van der Waals surface area contributed by atoms with Gasteiger partial charge in [-0.15, -0.1) is 0 Å². The number of carbonyl (C=O) groups is 3. The van der Waals surface area contributed by atoms with Gasteiger partial charge in [-0.25, -0.2) is 18.1 Å². The Labute approximate surface area is 214 Å². The zero-order valence-corrected chi connectivity index (χ0v) is 21.3. The van der Waals surface area contributed by atoms with Gasteiger partial charge in [-0.2, -0.15) is 4.31 Å². The van der Waals surface area contributed by atoms with Gasteiger partial charge in [0.1, 0.15) is 11.8 Å². The number of ether oxygens (including phenoxy) is 2. The summed E-state index contributed by atoms with van der Waals surface area (Å²) in [5, 5.41) is 5.45. The topological polar surface area (TPSA) is 134 Å². The number of nitrogens with zero attached hydrogens (tertiary/aromatic N) is 2. The minimum Gasteiger partial charge on any atom is -0.493 e. The average Bonchev–Trinajstić information content (AvgIpc) is 3.14. The Morgan fingerprint density at radius 1 is 1.11 bits per heavy atom. The summed E-state index contributed by atoms with van der Waals surface area (Å²) in [6.07, 6.45) is 0.236. The summed E-state index contributed by atoms with van der Waals surface area (Å²) in [5.41, 5.74) is 0.0226. The molecule has 3 aliphatic heterocycles. The molecule has 0 aromatic heterocycles. The number of imide groups is 1. The van der Waals surface area contributed by atoms with E-state index in [9.17, 15) is 22.8 Å². The lowest BCUT2D eigenvalue weighted by atomic mass is 9.84.